The minimum atomic E-state index is -2.98. The Labute approximate surface area is 116 Å². The molecule has 0 aliphatic heterocycles. The summed E-state index contributed by atoms with van der Waals surface area (Å²) < 4.78 is 28.3. The molecule has 0 radical (unpaired) electrons. The SMILES string of the molecule is CCOC(=O)CN(CC)C1CCCC(S(C)(=O)=O)C1. The fourth-order valence-electron chi connectivity index (χ4n) is 2.71. The van der Waals surface area contributed by atoms with Crippen LogP contribution >= 0.6 is 0 Å². The maximum Gasteiger partial charge on any atom is 0.320 e. The molecule has 1 rings (SSSR count). The molecule has 1 saturated carbocycles. The first kappa shape index (κ1) is 16.4. The number of rotatable bonds is 6. The number of esters is 1. The molecule has 6 heteroatoms. The van der Waals surface area contributed by atoms with Crippen molar-refractivity contribution in [3.05, 3.63) is 0 Å². The van der Waals surface area contributed by atoms with Gasteiger partial charge in [0.15, 0.2) is 0 Å². The van der Waals surface area contributed by atoms with Gasteiger partial charge in [-0.1, -0.05) is 13.3 Å². The highest BCUT2D eigenvalue weighted by atomic mass is 32.2. The zero-order valence-corrected chi connectivity index (χ0v) is 12.9. The third-order valence-electron chi connectivity index (χ3n) is 3.76. The van der Waals surface area contributed by atoms with E-state index in [1.54, 1.807) is 6.92 Å². The second-order valence-electron chi connectivity index (χ2n) is 5.14. The third kappa shape index (κ3) is 5.10. The van der Waals surface area contributed by atoms with Crippen molar-refractivity contribution in [2.75, 3.05) is 26.0 Å². The van der Waals surface area contributed by atoms with Crippen LogP contribution in [-0.4, -0.2) is 56.5 Å². The van der Waals surface area contributed by atoms with E-state index in [2.05, 4.69) is 0 Å². The maximum absolute atomic E-state index is 11.7. The number of ether oxygens (including phenoxy) is 1. The number of carbonyl (C=O) groups excluding carboxylic acids is 1. The van der Waals surface area contributed by atoms with Crippen molar-refractivity contribution in [1.82, 2.24) is 4.90 Å². The van der Waals surface area contributed by atoms with Crippen LogP contribution in [0.1, 0.15) is 39.5 Å². The summed E-state index contributed by atoms with van der Waals surface area (Å²) >= 11 is 0. The second kappa shape index (κ2) is 7.24. The number of likely N-dealkylation sites (N-methyl/N-ethyl adjacent to an activating group) is 1. The first-order valence-electron chi connectivity index (χ1n) is 6.97. The van der Waals surface area contributed by atoms with Gasteiger partial charge >= 0.3 is 5.97 Å². The molecular formula is C13H25NO4S. The van der Waals surface area contributed by atoms with Crippen molar-refractivity contribution in [2.45, 2.75) is 50.8 Å². The highest BCUT2D eigenvalue weighted by Gasteiger charge is 2.32. The van der Waals surface area contributed by atoms with E-state index in [0.717, 1.165) is 25.8 Å². The Hall–Kier alpha value is -0.620. The van der Waals surface area contributed by atoms with Gasteiger partial charge in [-0.2, -0.15) is 0 Å². The van der Waals surface area contributed by atoms with E-state index in [-0.39, 0.29) is 23.8 Å². The van der Waals surface area contributed by atoms with Crippen molar-refractivity contribution in [2.24, 2.45) is 0 Å². The minimum Gasteiger partial charge on any atom is -0.465 e. The van der Waals surface area contributed by atoms with Gasteiger partial charge in [0.2, 0.25) is 0 Å². The Morgan fingerprint density at radius 3 is 2.53 bits per heavy atom. The molecule has 0 spiro atoms. The summed E-state index contributed by atoms with van der Waals surface area (Å²) in [6.45, 7) is 5.15. The minimum absolute atomic E-state index is 0.169. The van der Waals surface area contributed by atoms with Crippen LogP contribution in [-0.2, 0) is 19.4 Å². The standard InChI is InChI=1S/C13H25NO4S/c1-4-14(10-13(15)18-5-2)11-7-6-8-12(9-11)19(3,16)17/h11-12H,4-10H2,1-3H3. The second-order valence-corrected chi connectivity index (χ2v) is 7.47. The Kier molecular flexibility index (Phi) is 6.26. The van der Waals surface area contributed by atoms with E-state index in [9.17, 15) is 13.2 Å². The third-order valence-corrected chi connectivity index (χ3v) is 5.40. The molecule has 2 unspecified atom stereocenters. The molecule has 0 aromatic carbocycles. The van der Waals surface area contributed by atoms with Gasteiger partial charge in [0.1, 0.15) is 9.84 Å². The van der Waals surface area contributed by atoms with Crippen molar-refractivity contribution in [3.63, 3.8) is 0 Å². The molecule has 0 N–H and O–H groups in total. The summed E-state index contributed by atoms with van der Waals surface area (Å²) in [5, 5.41) is -0.262. The smallest absolute Gasteiger partial charge is 0.320 e. The maximum atomic E-state index is 11.7. The van der Waals surface area contributed by atoms with Crippen molar-refractivity contribution < 1.29 is 17.9 Å². The molecule has 1 aliphatic rings. The van der Waals surface area contributed by atoms with E-state index in [1.165, 1.54) is 6.26 Å². The summed E-state index contributed by atoms with van der Waals surface area (Å²) in [5.41, 5.74) is 0. The van der Waals surface area contributed by atoms with Crippen LogP contribution < -0.4 is 0 Å². The average molecular weight is 291 g/mol. The molecule has 19 heavy (non-hydrogen) atoms. The summed E-state index contributed by atoms with van der Waals surface area (Å²) in [6.07, 6.45) is 4.54. The lowest BCUT2D eigenvalue weighted by Gasteiger charge is -2.35. The molecular weight excluding hydrogens is 266 g/mol. The zero-order chi connectivity index (χ0) is 14.5. The van der Waals surface area contributed by atoms with Crippen LogP contribution in [0, 0.1) is 0 Å². The summed E-state index contributed by atoms with van der Waals surface area (Å²) in [4.78, 5) is 13.6. The van der Waals surface area contributed by atoms with E-state index >= 15 is 0 Å². The quantitative estimate of drug-likeness (QED) is 0.689. The van der Waals surface area contributed by atoms with E-state index in [4.69, 9.17) is 4.74 Å². The fourth-order valence-corrected chi connectivity index (χ4v) is 3.88. The first-order chi connectivity index (χ1) is 8.88. The largest absolute Gasteiger partial charge is 0.465 e. The van der Waals surface area contributed by atoms with Crippen molar-refractivity contribution in [1.29, 1.82) is 0 Å². The fraction of sp³-hybridized carbons (Fsp3) is 0.923. The number of hydrogen-bond donors (Lipinski definition) is 0. The van der Waals surface area contributed by atoms with Gasteiger partial charge in [-0.05, 0) is 32.7 Å². The normalized spacial score (nSPS) is 24.4. The van der Waals surface area contributed by atoms with Gasteiger partial charge in [0.25, 0.3) is 0 Å². The first-order valence-corrected chi connectivity index (χ1v) is 8.92. The predicted octanol–water partition coefficient (Wildman–Crippen LogP) is 1.23. The predicted molar refractivity (Wildman–Crippen MR) is 74.8 cm³/mol. The Balaban J connectivity index is 2.63. The van der Waals surface area contributed by atoms with Gasteiger partial charge in [-0.15, -0.1) is 0 Å². The van der Waals surface area contributed by atoms with E-state index in [1.807, 2.05) is 11.8 Å². The number of nitrogens with zero attached hydrogens (tertiary/aromatic N) is 1. The van der Waals surface area contributed by atoms with Gasteiger partial charge in [0, 0.05) is 12.3 Å². The molecule has 0 heterocycles. The Morgan fingerprint density at radius 1 is 1.32 bits per heavy atom. The molecule has 5 nitrogen and oxygen atoms in total. The number of carbonyl (C=O) groups is 1. The monoisotopic (exact) mass is 291 g/mol. The van der Waals surface area contributed by atoms with Crippen LogP contribution in [0.2, 0.25) is 0 Å². The molecule has 0 aromatic rings. The average Bonchev–Trinajstić information content (AvgIpc) is 2.35. The Bertz CT molecular complexity index is 393. The van der Waals surface area contributed by atoms with Crippen LogP contribution in [0.4, 0.5) is 0 Å². The zero-order valence-electron chi connectivity index (χ0n) is 12.1. The van der Waals surface area contributed by atoms with Crippen LogP contribution in [0.15, 0.2) is 0 Å². The summed E-state index contributed by atoms with van der Waals surface area (Å²) in [5.74, 6) is -0.231. The topological polar surface area (TPSA) is 63.7 Å². The van der Waals surface area contributed by atoms with Gasteiger partial charge in [-0.3, -0.25) is 9.69 Å². The van der Waals surface area contributed by atoms with Gasteiger partial charge in [-0.25, -0.2) is 8.42 Å². The lowest BCUT2D eigenvalue weighted by Crippen LogP contribution is -2.44. The molecule has 112 valence electrons. The molecule has 0 amide bonds. The van der Waals surface area contributed by atoms with Gasteiger partial charge in [0.05, 0.1) is 18.4 Å². The van der Waals surface area contributed by atoms with Crippen molar-refractivity contribution >= 4 is 15.8 Å². The van der Waals surface area contributed by atoms with E-state index in [0.29, 0.717) is 13.0 Å². The van der Waals surface area contributed by atoms with Crippen LogP contribution in [0.25, 0.3) is 0 Å². The van der Waals surface area contributed by atoms with Crippen LogP contribution in [0.5, 0.6) is 0 Å². The summed E-state index contributed by atoms with van der Waals surface area (Å²) in [6, 6.07) is 0.169. The molecule has 0 saturated heterocycles. The lowest BCUT2D eigenvalue weighted by atomic mass is 9.93. The number of hydrogen-bond acceptors (Lipinski definition) is 5. The van der Waals surface area contributed by atoms with Crippen molar-refractivity contribution in [3.8, 4) is 0 Å². The molecule has 2 atom stereocenters. The summed E-state index contributed by atoms with van der Waals surface area (Å²) in [7, 11) is -2.98. The molecule has 1 aliphatic carbocycles. The number of sulfone groups is 1. The Morgan fingerprint density at radius 2 is 2.00 bits per heavy atom. The molecule has 0 bridgehead atoms. The van der Waals surface area contributed by atoms with Gasteiger partial charge < -0.3 is 4.74 Å². The molecule has 1 fully saturated rings. The molecule has 0 aromatic heterocycles. The highest BCUT2D eigenvalue weighted by Crippen LogP contribution is 2.27. The van der Waals surface area contributed by atoms with Crippen LogP contribution in [0.3, 0.4) is 0 Å². The van der Waals surface area contributed by atoms with E-state index < -0.39 is 9.84 Å². The highest BCUT2D eigenvalue weighted by molar-refractivity contribution is 7.91. The lowest BCUT2D eigenvalue weighted by molar-refractivity contribution is -0.145.